The molecule has 0 radical (unpaired) electrons. The molecule has 106 valence electrons. The molecule has 0 aliphatic carbocycles. The van der Waals surface area contributed by atoms with Crippen molar-refractivity contribution in [2.24, 2.45) is 0 Å². The molecule has 3 N–H and O–H groups in total. The SMILES string of the molecule is O=C(Nc1cccc([N+](=O)[O-])c1)N[C@H]1CCCNC1=O. The van der Waals surface area contributed by atoms with E-state index in [1.54, 1.807) is 0 Å². The molecule has 8 heteroatoms. The molecule has 0 aromatic heterocycles. The summed E-state index contributed by atoms with van der Waals surface area (Å²) in [7, 11) is 0. The number of carbonyl (C=O) groups is 2. The van der Waals surface area contributed by atoms with Gasteiger partial charge in [-0.2, -0.15) is 0 Å². The van der Waals surface area contributed by atoms with Crippen LogP contribution in [0.4, 0.5) is 16.2 Å². The summed E-state index contributed by atoms with van der Waals surface area (Å²) in [6.45, 7) is 0.615. The van der Waals surface area contributed by atoms with Gasteiger partial charge in [0, 0.05) is 24.4 Å². The smallest absolute Gasteiger partial charge is 0.319 e. The molecule has 3 amide bonds. The number of anilines is 1. The van der Waals surface area contributed by atoms with E-state index in [-0.39, 0.29) is 11.6 Å². The van der Waals surface area contributed by atoms with Crippen LogP contribution >= 0.6 is 0 Å². The summed E-state index contributed by atoms with van der Waals surface area (Å²) in [5, 5.41) is 18.3. The zero-order valence-electron chi connectivity index (χ0n) is 10.6. The second kappa shape index (κ2) is 6.00. The fraction of sp³-hybridized carbons (Fsp3) is 0.333. The highest BCUT2D eigenvalue weighted by Gasteiger charge is 2.23. The van der Waals surface area contributed by atoms with Crippen LogP contribution in [0.1, 0.15) is 12.8 Å². The molecule has 1 aliphatic rings. The van der Waals surface area contributed by atoms with Gasteiger partial charge in [-0.3, -0.25) is 14.9 Å². The normalized spacial score (nSPS) is 18.0. The van der Waals surface area contributed by atoms with Crippen molar-refractivity contribution in [3.05, 3.63) is 34.4 Å². The van der Waals surface area contributed by atoms with Crippen LogP contribution in [-0.4, -0.2) is 29.4 Å². The molecule has 8 nitrogen and oxygen atoms in total. The lowest BCUT2D eigenvalue weighted by molar-refractivity contribution is -0.384. The number of nitro benzene ring substituents is 1. The molecule has 1 heterocycles. The monoisotopic (exact) mass is 278 g/mol. The van der Waals surface area contributed by atoms with Gasteiger partial charge in [-0.1, -0.05) is 6.07 Å². The Balaban J connectivity index is 1.95. The van der Waals surface area contributed by atoms with Crippen LogP contribution in [0.3, 0.4) is 0 Å². The lowest BCUT2D eigenvalue weighted by Crippen LogP contribution is -2.51. The topological polar surface area (TPSA) is 113 Å². The molecule has 20 heavy (non-hydrogen) atoms. The second-order valence-electron chi connectivity index (χ2n) is 4.39. The minimum Gasteiger partial charge on any atom is -0.354 e. The molecular formula is C12H14N4O4. The standard InChI is InChI=1S/C12H14N4O4/c17-11-10(5-2-6-13-11)15-12(18)14-8-3-1-4-9(7-8)16(19)20/h1,3-4,7,10H,2,5-6H2,(H,13,17)(H2,14,15,18)/t10-/m0/s1. The third-order valence-electron chi connectivity index (χ3n) is 2.91. The average Bonchev–Trinajstić information content (AvgIpc) is 2.41. The van der Waals surface area contributed by atoms with Crippen molar-refractivity contribution in [3.63, 3.8) is 0 Å². The van der Waals surface area contributed by atoms with E-state index < -0.39 is 17.0 Å². The number of non-ortho nitro benzene ring substituents is 1. The van der Waals surface area contributed by atoms with Gasteiger partial charge in [-0.15, -0.1) is 0 Å². The van der Waals surface area contributed by atoms with Gasteiger partial charge in [0.2, 0.25) is 5.91 Å². The number of nitrogens with zero attached hydrogens (tertiary/aromatic N) is 1. The van der Waals surface area contributed by atoms with E-state index in [0.29, 0.717) is 18.7 Å². The van der Waals surface area contributed by atoms with E-state index in [0.717, 1.165) is 6.42 Å². The fourth-order valence-corrected chi connectivity index (χ4v) is 1.93. The van der Waals surface area contributed by atoms with Crippen LogP contribution in [0.15, 0.2) is 24.3 Å². The second-order valence-corrected chi connectivity index (χ2v) is 4.39. The molecule has 0 spiro atoms. The number of hydrogen-bond donors (Lipinski definition) is 3. The zero-order chi connectivity index (χ0) is 14.5. The lowest BCUT2D eigenvalue weighted by Gasteiger charge is -2.22. The number of benzene rings is 1. The van der Waals surface area contributed by atoms with Crippen molar-refractivity contribution in [1.82, 2.24) is 10.6 Å². The van der Waals surface area contributed by atoms with Crippen LogP contribution in [0.25, 0.3) is 0 Å². The Kier molecular flexibility index (Phi) is 4.14. The van der Waals surface area contributed by atoms with Gasteiger partial charge in [-0.05, 0) is 18.9 Å². The van der Waals surface area contributed by atoms with Gasteiger partial charge in [0.1, 0.15) is 6.04 Å². The van der Waals surface area contributed by atoms with Crippen molar-refractivity contribution < 1.29 is 14.5 Å². The summed E-state index contributed by atoms with van der Waals surface area (Å²) in [4.78, 5) is 33.3. The molecule has 1 aromatic carbocycles. The van der Waals surface area contributed by atoms with E-state index in [1.165, 1.54) is 24.3 Å². The lowest BCUT2D eigenvalue weighted by atomic mass is 10.1. The molecular weight excluding hydrogens is 264 g/mol. The van der Waals surface area contributed by atoms with Crippen LogP contribution in [0, 0.1) is 10.1 Å². The maximum Gasteiger partial charge on any atom is 0.319 e. The van der Waals surface area contributed by atoms with Gasteiger partial charge in [0.25, 0.3) is 5.69 Å². The number of rotatable bonds is 3. The molecule has 1 fully saturated rings. The van der Waals surface area contributed by atoms with Gasteiger partial charge in [0.15, 0.2) is 0 Å². The van der Waals surface area contributed by atoms with Crippen LogP contribution in [0.2, 0.25) is 0 Å². The Labute approximate surface area is 114 Å². The number of hydrogen-bond acceptors (Lipinski definition) is 4. The summed E-state index contributed by atoms with van der Waals surface area (Å²) in [6, 6.07) is 4.46. The number of nitrogens with one attached hydrogen (secondary N) is 3. The van der Waals surface area contributed by atoms with Crippen LogP contribution in [-0.2, 0) is 4.79 Å². The van der Waals surface area contributed by atoms with E-state index in [9.17, 15) is 19.7 Å². The van der Waals surface area contributed by atoms with E-state index in [4.69, 9.17) is 0 Å². The summed E-state index contributed by atoms with van der Waals surface area (Å²) >= 11 is 0. The molecule has 0 bridgehead atoms. The van der Waals surface area contributed by atoms with E-state index in [2.05, 4.69) is 16.0 Å². The van der Waals surface area contributed by atoms with E-state index >= 15 is 0 Å². The van der Waals surface area contributed by atoms with Gasteiger partial charge in [0.05, 0.1) is 4.92 Å². The summed E-state index contributed by atoms with van der Waals surface area (Å²) < 4.78 is 0. The van der Waals surface area contributed by atoms with Crippen molar-refractivity contribution in [3.8, 4) is 0 Å². The highest BCUT2D eigenvalue weighted by Crippen LogP contribution is 2.16. The first-order chi connectivity index (χ1) is 9.56. The minimum atomic E-state index is -0.567. The van der Waals surface area contributed by atoms with E-state index in [1.807, 2.05) is 0 Å². The minimum absolute atomic E-state index is 0.113. The molecule has 1 aromatic rings. The van der Waals surface area contributed by atoms with Crippen molar-refractivity contribution in [2.75, 3.05) is 11.9 Å². The average molecular weight is 278 g/mol. The number of piperidine rings is 1. The molecule has 2 rings (SSSR count). The van der Waals surface area contributed by atoms with Gasteiger partial charge in [-0.25, -0.2) is 4.79 Å². The third-order valence-corrected chi connectivity index (χ3v) is 2.91. The summed E-state index contributed by atoms with van der Waals surface area (Å²) in [5.41, 5.74) is 0.186. The summed E-state index contributed by atoms with van der Waals surface area (Å²) in [6.07, 6.45) is 1.38. The molecule has 1 saturated heterocycles. The maximum absolute atomic E-state index is 11.7. The zero-order valence-corrected chi connectivity index (χ0v) is 10.6. The Bertz CT molecular complexity index is 546. The number of urea groups is 1. The number of amides is 3. The molecule has 1 atom stereocenters. The number of nitro groups is 1. The first kappa shape index (κ1) is 13.8. The predicted molar refractivity (Wildman–Crippen MR) is 71.3 cm³/mol. The molecule has 0 saturated carbocycles. The Morgan fingerprint density at radius 2 is 2.25 bits per heavy atom. The highest BCUT2D eigenvalue weighted by atomic mass is 16.6. The molecule has 1 aliphatic heterocycles. The predicted octanol–water partition coefficient (Wildman–Crippen LogP) is 0.995. The quantitative estimate of drug-likeness (QED) is 0.565. The number of carbonyl (C=O) groups excluding carboxylic acids is 2. The first-order valence-corrected chi connectivity index (χ1v) is 6.16. The first-order valence-electron chi connectivity index (χ1n) is 6.16. The van der Waals surface area contributed by atoms with Gasteiger partial charge >= 0.3 is 6.03 Å². The van der Waals surface area contributed by atoms with Gasteiger partial charge < -0.3 is 16.0 Å². The fourth-order valence-electron chi connectivity index (χ4n) is 1.93. The van der Waals surface area contributed by atoms with Crippen molar-refractivity contribution >= 4 is 23.3 Å². The van der Waals surface area contributed by atoms with Crippen molar-refractivity contribution in [2.45, 2.75) is 18.9 Å². The van der Waals surface area contributed by atoms with Crippen LogP contribution < -0.4 is 16.0 Å². The molecule has 0 unspecified atom stereocenters. The van der Waals surface area contributed by atoms with Crippen LogP contribution in [0.5, 0.6) is 0 Å². The largest absolute Gasteiger partial charge is 0.354 e. The highest BCUT2D eigenvalue weighted by molar-refractivity contribution is 5.94. The Morgan fingerprint density at radius 3 is 2.95 bits per heavy atom. The van der Waals surface area contributed by atoms with Crippen molar-refractivity contribution in [1.29, 1.82) is 0 Å². The third kappa shape index (κ3) is 3.44. The Hall–Kier alpha value is -2.64. The Morgan fingerprint density at radius 1 is 1.45 bits per heavy atom. The maximum atomic E-state index is 11.7. The summed E-state index contributed by atoms with van der Waals surface area (Å²) in [5.74, 6) is -0.217.